The fraction of sp³-hybridized carbons (Fsp3) is 0.500. The molecule has 1 heterocycles. The zero-order chi connectivity index (χ0) is 14.0. The van der Waals surface area contributed by atoms with Crippen molar-refractivity contribution in [2.24, 2.45) is 11.1 Å². The smallest absolute Gasteiger partial charge is 0.223 e. The number of hydrogen-bond donors (Lipinski definition) is 1. The molecule has 0 atom stereocenters. The second kappa shape index (κ2) is 5.25. The maximum Gasteiger partial charge on any atom is 0.223 e. The van der Waals surface area contributed by atoms with Gasteiger partial charge < -0.3 is 5.73 Å². The predicted molar refractivity (Wildman–Crippen MR) is 68.2 cm³/mol. The highest BCUT2D eigenvalue weighted by Crippen LogP contribution is 2.31. The SMILES string of the molecule is CC1(C(N)=O)CCN(Cc2ccc(F)cc2F)CC1. The average molecular weight is 268 g/mol. The van der Waals surface area contributed by atoms with E-state index in [1.165, 1.54) is 12.1 Å². The Labute approximate surface area is 111 Å². The van der Waals surface area contributed by atoms with Crippen LogP contribution in [0.5, 0.6) is 0 Å². The highest BCUT2D eigenvalue weighted by atomic mass is 19.1. The zero-order valence-electron chi connectivity index (χ0n) is 11.0. The van der Waals surface area contributed by atoms with Crippen LogP contribution in [0.1, 0.15) is 25.3 Å². The standard InChI is InChI=1S/C14H18F2N2O/c1-14(13(17)19)4-6-18(7-5-14)9-10-2-3-11(15)8-12(10)16/h2-3,8H,4-7,9H2,1H3,(H2,17,19). The summed E-state index contributed by atoms with van der Waals surface area (Å²) in [5.41, 5.74) is 5.40. The quantitative estimate of drug-likeness (QED) is 0.912. The number of likely N-dealkylation sites (tertiary alicyclic amines) is 1. The van der Waals surface area contributed by atoms with E-state index in [1.54, 1.807) is 0 Å². The molecule has 1 aromatic carbocycles. The minimum atomic E-state index is -0.568. The van der Waals surface area contributed by atoms with Gasteiger partial charge in [-0.05, 0) is 32.0 Å². The van der Waals surface area contributed by atoms with E-state index in [9.17, 15) is 13.6 Å². The average Bonchev–Trinajstić information content (AvgIpc) is 2.35. The number of nitrogens with zero attached hydrogens (tertiary/aromatic N) is 1. The first-order valence-corrected chi connectivity index (χ1v) is 6.37. The third-order valence-electron chi connectivity index (χ3n) is 3.96. The minimum Gasteiger partial charge on any atom is -0.369 e. The van der Waals surface area contributed by atoms with Crippen molar-refractivity contribution in [2.75, 3.05) is 13.1 Å². The van der Waals surface area contributed by atoms with Crippen LogP contribution in [0.3, 0.4) is 0 Å². The number of halogens is 2. The first kappa shape index (κ1) is 13.9. The molecule has 1 aromatic rings. The lowest BCUT2D eigenvalue weighted by Gasteiger charge is -2.37. The number of rotatable bonds is 3. The molecule has 1 aliphatic rings. The van der Waals surface area contributed by atoms with Gasteiger partial charge in [-0.3, -0.25) is 9.69 Å². The summed E-state index contributed by atoms with van der Waals surface area (Å²) in [6.45, 7) is 3.68. The summed E-state index contributed by atoms with van der Waals surface area (Å²) in [5.74, 6) is -1.37. The summed E-state index contributed by atoms with van der Waals surface area (Å²) < 4.78 is 26.4. The number of benzene rings is 1. The molecule has 0 unspecified atom stereocenters. The zero-order valence-corrected chi connectivity index (χ0v) is 11.0. The molecule has 0 bridgehead atoms. The predicted octanol–water partition coefficient (Wildman–Crippen LogP) is 2.05. The summed E-state index contributed by atoms with van der Waals surface area (Å²) in [6, 6.07) is 3.62. The van der Waals surface area contributed by atoms with Crippen molar-refractivity contribution in [3.63, 3.8) is 0 Å². The van der Waals surface area contributed by atoms with E-state index in [0.717, 1.165) is 6.07 Å². The number of hydrogen-bond acceptors (Lipinski definition) is 2. The number of amides is 1. The molecule has 19 heavy (non-hydrogen) atoms. The number of carbonyl (C=O) groups is 1. The Morgan fingerprint density at radius 2 is 2.00 bits per heavy atom. The third-order valence-corrected chi connectivity index (χ3v) is 3.96. The van der Waals surface area contributed by atoms with Gasteiger partial charge in [-0.1, -0.05) is 13.0 Å². The van der Waals surface area contributed by atoms with Crippen LogP contribution in [0.25, 0.3) is 0 Å². The van der Waals surface area contributed by atoms with Crippen LogP contribution in [0.2, 0.25) is 0 Å². The van der Waals surface area contributed by atoms with Gasteiger partial charge >= 0.3 is 0 Å². The van der Waals surface area contributed by atoms with E-state index >= 15 is 0 Å². The second-order valence-corrected chi connectivity index (χ2v) is 5.44. The van der Waals surface area contributed by atoms with Crippen LogP contribution in [-0.2, 0) is 11.3 Å². The van der Waals surface area contributed by atoms with Gasteiger partial charge in [-0.2, -0.15) is 0 Å². The van der Waals surface area contributed by atoms with Crippen LogP contribution in [0, 0.1) is 17.0 Å². The van der Waals surface area contributed by atoms with Crippen LogP contribution in [-0.4, -0.2) is 23.9 Å². The number of primary amides is 1. The maximum atomic E-state index is 13.5. The van der Waals surface area contributed by atoms with Gasteiger partial charge in [0, 0.05) is 23.6 Å². The maximum absolute atomic E-state index is 13.5. The lowest BCUT2D eigenvalue weighted by Crippen LogP contribution is -2.45. The lowest BCUT2D eigenvalue weighted by atomic mass is 9.80. The van der Waals surface area contributed by atoms with Crippen molar-refractivity contribution in [3.8, 4) is 0 Å². The molecule has 1 fully saturated rings. The highest BCUT2D eigenvalue weighted by Gasteiger charge is 2.35. The Kier molecular flexibility index (Phi) is 3.85. The van der Waals surface area contributed by atoms with Gasteiger partial charge in [0.2, 0.25) is 5.91 Å². The Morgan fingerprint density at radius 3 is 2.53 bits per heavy atom. The monoisotopic (exact) mass is 268 g/mol. The second-order valence-electron chi connectivity index (χ2n) is 5.44. The van der Waals surface area contributed by atoms with Crippen LogP contribution in [0.4, 0.5) is 8.78 Å². The van der Waals surface area contributed by atoms with Crippen molar-refractivity contribution in [1.82, 2.24) is 4.90 Å². The number of piperidine rings is 1. The molecule has 1 saturated heterocycles. The molecule has 2 rings (SSSR count). The molecule has 5 heteroatoms. The topological polar surface area (TPSA) is 46.3 Å². The Morgan fingerprint density at radius 1 is 1.37 bits per heavy atom. The normalized spacial score (nSPS) is 19.3. The molecule has 2 N–H and O–H groups in total. The molecule has 1 amide bonds. The van der Waals surface area contributed by atoms with Gasteiger partial charge in [-0.25, -0.2) is 8.78 Å². The first-order chi connectivity index (χ1) is 8.90. The van der Waals surface area contributed by atoms with Gasteiger partial charge in [0.05, 0.1) is 0 Å². The van der Waals surface area contributed by atoms with E-state index in [0.29, 0.717) is 38.0 Å². The minimum absolute atomic E-state index is 0.278. The molecular formula is C14H18F2N2O. The van der Waals surface area contributed by atoms with E-state index in [4.69, 9.17) is 5.73 Å². The molecule has 0 spiro atoms. The Balaban J connectivity index is 1.98. The molecular weight excluding hydrogens is 250 g/mol. The van der Waals surface area contributed by atoms with E-state index in [-0.39, 0.29) is 5.91 Å². The molecule has 0 radical (unpaired) electrons. The van der Waals surface area contributed by atoms with Crippen LogP contribution in [0.15, 0.2) is 18.2 Å². The van der Waals surface area contributed by atoms with E-state index in [1.807, 2.05) is 6.92 Å². The summed E-state index contributed by atoms with van der Waals surface area (Å²) in [6.07, 6.45) is 1.34. The van der Waals surface area contributed by atoms with Crippen LogP contribution < -0.4 is 5.73 Å². The largest absolute Gasteiger partial charge is 0.369 e. The summed E-state index contributed by atoms with van der Waals surface area (Å²) in [7, 11) is 0. The highest BCUT2D eigenvalue weighted by molar-refractivity contribution is 5.80. The van der Waals surface area contributed by atoms with Gasteiger partial charge in [0.1, 0.15) is 11.6 Å². The molecule has 0 saturated carbocycles. The van der Waals surface area contributed by atoms with Gasteiger partial charge in [0.15, 0.2) is 0 Å². The summed E-state index contributed by atoms with van der Waals surface area (Å²) in [4.78, 5) is 13.4. The number of carbonyl (C=O) groups excluding carboxylic acids is 1. The Hall–Kier alpha value is -1.49. The van der Waals surface area contributed by atoms with Crippen molar-refractivity contribution < 1.29 is 13.6 Å². The van der Waals surface area contributed by atoms with E-state index < -0.39 is 17.0 Å². The van der Waals surface area contributed by atoms with Crippen molar-refractivity contribution in [3.05, 3.63) is 35.4 Å². The van der Waals surface area contributed by atoms with Gasteiger partial charge in [0.25, 0.3) is 0 Å². The molecule has 0 aromatic heterocycles. The van der Waals surface area contributed by atoms with Crippen molar-refractivity contribution in [1.29, 1.82) is 0 Å². The molecule has 3 nitrogen and oxygen atoms in total. The fourth-order valence-corrected chi connectivity index (χ4v) is 2.34. The summed E-state index contributed by atoms with van der Waals surface area (Å²) >= 11 is 0. The number of nitrogens with two attached hydrogens (primary N) is 1. The lowest BCUT2D eigenvalue weighted by molar-refractivity contribution is -0.129. The van der Waals surface area contributed by atoms with Gasteiger partial charge in [-0.15, -0.1) is 0 Å². The third kappa shape index (κ3) is 3.10. The first-order valence-electron chi connectivity index (χ1n) is 6.37. The molecule has 0 aliphatic carbocycles. The van der Waals surface area contributed by atoms with Crippen molar-refractivity contribution >= 4 is 5.91 Å². The van der Waals surface area contributed by atoms with E-state index in [2.05, 4.69) is 4.90 Å². The fourth-order valence-electron chi connectivity index (χ4n) is 2.34. The molecule has 104 valence electrons. The Bertz CT molecular complexity index is 482. The summed E-state index contributed by atoms with van der Waals surface area (Å²) in [5, 5.41) is 0. The van der Waals surface area contributed by atoms with Crippen molar-refractivity contribution in [2.45, 2.75) is 26.3 Å². The molecule has 1 aliphatic heterocycles. The van der Waals surface area contributed by atoms with Crippen LogP contribution >= 0.6 is 0 Å².